The Kier molecular flexibility index (Phi) is 9.15. The summed E-state index contributed by atoms with van der Waals surface area (Å²) < 4.78 is 0. The molecule has 2 aliphatic rings. The lowest BCUT2D eigenvalue weighted by atomic mass is 9.82. The van der Waals surface area contributed by atoms with Crippen LogP contribution in [0.2, 0.25) is 0 Å². The van der Waals surface area contributed by atoms with E-state index >= 15 is 0 Å². The number of aliphatic carboxylic acids is 1. The van der Waals surface area contributed by atoms with E-state index in [1.165, 1.54) is 35.6 Å². The topological polar surface area (TPSA) is 37.3 Å². The monoisotopic (exact) mass is 424 g/mol. The van der Waals surface area contributed by atoms with Crippen molar-refractivity contribution in [2.24, 2.45) is 29.1 Å². The Morgan fingerprint density at radius 1 is 1.00 bits per heavy atom. The number of rotatable bonds is 4. The lowest BCUT2D eigenvalue weighted by Gasteiger charge is -2.24. The average Bonchev–Trinajstić information content (AvgIpc) is 3.37. The molecule has 172 valence electrons. The van der Waals surface area contributed by atoms with E-state index in [4.69, 9.17) is 5.11 Å². The van der Waals surface area contributed by atoms with Crippen LogP contribution in [-0.4, -0.2) is 11.1 Å². The molecule has 0 heterocycles. The van der Waals surface area contributed by atoms with Gasteiger partial charge in [-0.3, -0.25) is 4.79 Å². The Morgan fingerprint density at radius 2 is 1.55 bits per heavy atom. The van der Waals surface area contributed by atoms with Crippen molar-refractivity contribution in [1.82, 2.24) is 0 Å². The van der Waals surface area contributed by atoms with Crippen LogP contribution in [-0.2, 0) is 4.79 Å². The van der Waals surface area contributed by atoms with E-state index in [1.54, 1.807) is 20.3 Å². The number of carboxylic acid groups (broad SMARTS) is 1. The standard InChI is InChI=1S/C14H16.C9H16.C6H12O2/c1-3-11(2)13-9-8-12-6-4-5-7-14(12)10-13;1-6-7(2)9-4-3-8(6)5-9;1-4-6(2,3)5(7)8/h4-11H,3H2,1-2H3;6-9H,3-5H2,1-2H3;4H2,1-3H3,(H,7,8). The van der Waals surface area contributed by atoms with Gasteiger partial charge in [0.25, 0.3) is 0 Å². The fourth-order valence-corrected chi connectivity index (χ4v) is 4.77. The third kappa shape index (κ3) is 6.57. The molecular formula is C29H44O2. The first kappa shape index (κ1) is 25.4. The maximum atomic E-state index is 10.3. The van der Waals surface area contributed by atoms with Crippen molar-refractivity contribution in [2.45, 2.75) is 86.5 Å². The van der Waals surface area contributed by atoms with E-state index in [0.29, 0.717) is 12.3 Å². The number of carbonyl (C=O) groups is 1. The zero-order chi connectivity index (χ0) is 23.2. The van der Waals surface area contributed by atoms with Crippen LogP contribution in [0.3, 0.4) is 0 Å². The van der Waals surface area contributed by atoms with Crippen molar-refractivity contribution in [3.63, 3.8) is 0 Å². The number of carboxylic acids is 1. The molecule has 5 atom stereocenters. The average molecular weight is 425 g/mol. The van der Waals surface area contributed by atoms with E-state index in [-0.39, 0.29) is 0 Å². The van der Waals surface area contributed by atoms with Gasteiger partial charge in [-0.25, -0.2) is 0 Å². The molecule has 2 nitrogen and oxygen atoms in total. The van der Waals surface area contributed by atoms with Gasteiger partial charge < -0.3 is 5.11 Å². The van der Waals surface area contributed by atoms with Crippen LogP contribution < -0.4 is 0 Å². The SMILES string of the molecule is CC1C2CCC(C2)C1C.CCC(C)(C)C(=O)O.CCC(C)c1ccc2ccccc2c1. The molecular weight excluding hydrogens is 380 g/mol. The Balaban J connectivity index is 0.000000175. The summed E-state index contributed by atoms with van der Waals surface area (Å²) in [6.07, 6.45) is 6.52. The van der Waals surface area contributed by atoms with Crippen molar-refractivity contribution < 1.29 is 9.90 Å². The third-order valence-electron chi connectivity index (χ3n) is 8.25. The van der Waals surface area contributed by atoms with Gasteiger partial charge in [-0.05, 0) is 91.9 Å². The van der Waals surface area contributed by atoms with E-state index < -0.39 is 11.4 Å². The van der Waals surface area contributed by atoms with Crippen LogP contribution in [0.15, 0.2) is 42.5 Å². The van der Waals surface area contributed by atoms with Crippen molar-refractivity contribution in [3.05, 3.63) is 48.0 Å². The van der Waals surface area contributed by atoms with E-state index in [9.17, 15) is 4.79 Å². The smallest absolute Gasteiger partial charge is 0.309 e. The highest BCUT2D eigenvalue weighted by atomic mass is 16.4. The molecule has 2 aliphatic carbocycles. The highest BCUT2D eigenvalue weighted by Crippen LogP contribution is 2.51. The van der Waals surface area contributed by atoms with Gasteiger partial charge in [-0.15, -0.1) is 0 Å². The molecule has 1 N–H and O–H groups in total. The first-order valence-corrected chi connectivity index (χ1v) is 12.3. The van der Waals surface area contributed by atoms with Gasteiger partial charge in [-0.1, -0.05) is 77.1 Å². The predicted molar refractivity (Wildman–Crippen MR) is 134 cm³/mol. The summed E-state index contributed by atoms with van der Waals surface area (Å²) in [7, 11) is 0. The molecule has 2 aromatic carbocycles. The predicted octanol–water partition coefficient (Wildman–Crippen LogP) is 8.55. The van der Waals surface area contributed by atoms with Gasteiger partial charge in [0.1, 0.15) is 0 Å². The minimum Gasteiger partial charge on any atom is -0.481 e. The van der Waals surface area contributed by atoms with Gasteiger partial charge >= 0.3 is 5.97 Å². The van der Waals surface area contributed by atoms with Gasteiger partial charge in [0.05, 0.1) is 5.41 Å². The summed E-state index contributed by atoms with van der Waals surface area (Å²) in [6.45, 7) is 14.7. The van der Waals surface area contributed by atoms with Crippen LogP contribution in [0.25, 0.3) is 10.8 Å². The Bertz CT molecular complexity index is 820. The highest BCUT2D eigenvalue weighted by molar-refractivity contribution is 5.83. The quantitative estimate of drug-likeness (QED) is 0.534. The number of fused-ring (bicyclic) bond motifs is 3. The van der Waals surface area contributed by atoms with Crippen LogP contribution in [0.5, 0.6) is 0 Å². The lowest BCUT2D eigenvalue weighted by molar-refractivity contribution is -0.147. The summed E-state index contributed by atoms with van der Waals surface area (Å²) in [5, 5.41) is 11.1. The van der Waals surface area contributed by atoms with Gasteiger partial charge in [0, 0.05) is 0 Å². The molecule has 5 unspecified atom stereocenters. The zero-order valence-corrected chi connectivity index (χ0v) is 20.8. The van der Waals surface area contributed by atoms with Crippen LogP contribution >= 0.6 is 0 Å². The molecule has 0 saturated heterocycles. The Morgan fingerprint density at radius 3 is 1.94 bits per heavy atom. The molecule has 2 heteroatoms. The molecule has 31 heavy (non-hydrogen) atoms. The molecule has 0 radical (unpaired) electrons. The summed E-state index contributed by atoms with van der Waals surface area (Å²) >= 11 is 0. The second-order valence-corrected chi connectivity index (χ2v) is 10.5. The van der Waals surface area contributed by atoms with Crippen molar-refractivity contribution >= 4 is 16.7 Å². The molecule has 2 fully saturated rings. The Labute approximate surface area is 190 Å². The second-order valence-electron chi connectivity index (χ2n) is 10.5. The maximum Gasteiger partial charge on any atom is 0.309 e. The molecule has 2 aromatic rings. The summed E-state index contributed by atoms with van der Waals surface area (Å²) in [5.74, 6) is 4.27. The molecule has 2 bridgehead atoms. The minimum atomic E-state index is -0.722. The zero-order valence-electron chi connectivity index (χ0n) is 20.8. The normalized spacial score (nSPS) is 25.3. The summed E-state index contributed by atoms with van der Waals surface area (Å²) in [6, 6.07) is 15.3. The number of benzene rings is 2. The van der Waals surface area contributed by atoms with Crippen LogP contribution in [0, 0.1) is 29.1 Å². The van der Waals surface area contributed by atoms with Crippen LogP contribution in [0.1, 0.15) is 92.1 Å². The van der Waals surface area contributed by atoms with E-state index in [0.717, 1.165) is 23.7 Å². The fraction of sp³-hybridized carbons (Fsp3) is 0.621. The first-order valence-electron chi connectivity index (χ1n) is 12.3. The summed E-state index contributed by atoms with van der Waals surface area (Å²) in [4.78, 5) is 10.3. The number of hydrogen-bond donors (Lipinski definition) is 1. The molecule has 0 spiro atoms. The largest absolute Gasteiger partial charge is 0.481 e. The Hall–Kier alpha value is -1.83. The maximum absolute atomic E-state index is 10.3. The molecule has 2 saturated carbocycles. The van der Waals surface area contributed by atoms with Crippen molar-refractivity contribution in [2.75, 3.05) is 0 Å². The highest BCUT2D eigenvalue weighted by Gasteiger charge is 2.42. The molecule has 0 aromatic heterocycles. The minimum absolute atomic E-state index is 0.542. The molecule has 4 rings (SSSR count). The third-order valence-corrected chi connectivity index (χ3v) is 8.25. The van der Waals surface area contributed by atoms with Gasteiger partial charge in [0.2, 0.25) is 0 Å². The summed E-state index contributed by atoms with van der Waals surface area (Å²) in [5.41, 5.74) is 0.909. The van der Waals surface area contributed by atoms with E-state index in [2.05, 4.69) is 70.2 Å². The van der Waals surface area contributed by atoms with Crippen molar-refractivity contribution in [1.29, 1.82) is 0 Å². The van der Waals surface area contributed by atoms with E-state index in [1.807, 2.05) is 6.92 Å². The molecule has 0 aliphatic heterocycles. The second kappa shape index (κ2) is 11.2. The van der Waals surface area contributed by atoms with Crippen molar-refractivity contribution in [3.8, 4) is 0 Å². The fourth-order valence-electron chi connectivity index (χ4n) is 4.77. The van der Waals surface area contributed by atoms with Gasteiger partial charge in [-0.2, -0.15) is 0 Å². The molecule has 0 amide bonds. The van der Waals surface area contributed by atoms with Crippen LogP contribution in [0.4, 0.5) is 0 Å². The number of hydrogen-bond acceptors (Lipinski definition) is 1. The van der Waals surface area contributed by atoms with Gasteiger partial charge in [0.15, 0.2) is 0 Å². The first-order chi connectivity index (χ1) is 14.6. The lowest BCUT2D eigenvalue weighted by Crippen LogP contribution is -2.21.